The van der Waals surface area contributed by atoms with Crippen LogP contribution in [0.1, 0.15) is 36.9 Å². The normalized spacial score (nSPS) is 17.4. The summed E-state index contributed by atoms with van der Waals surface area (Å²) in [5, 5.41) is 13.9. The monoisotopic (exact) mass is 697 g/mol. The van der Waals surface area contributed by atoms with Gasteiger partial charge in [0.25, 0.3) is 0 Å². The van der Waals surface area contributed by atoms with Crippen molar-refractivity contribution in [1.29, 1.82) is 0 Å². The van der Waals surface area contributed by atoms with Crippen LogP contribution in [-0.2, 0) is 22.7 Å². The molecule has 2 amide bonds. The molecule has 2 atom stereocenters. The molecule has 3 aromatic heterocycles. The van der Waals surface area contributed by atoms with Crippen molar-refractivity contribution in [3.05, 3.63) is 94.4 Å². The average molecular weight is 699 g/mol. The number of halogens is 2. The van der Waals surface area contributed by atoms with Gasteiger partial charge in [-0.1, -0.05) is 65.7 Å². The van der Waals surface area contributed by atoms with Gasteiger partial charge in [-0.2, -0.15) is 0 Å². The summed E-state index contributed by atoms with van der Waals surface area (Å²) in [4.78, 5) is 32.5. The summed E-state index contributed by atoms with van der Waals surface area (Å²) < 4.78 is 7.66. The fourth-order valence-corrected chi connectivity index (χ4v) is 7.20. The van der Waals surface area contributed by atoms with Gasteiger partial charge in [0, 0.05) is 91.3 Å². The molecule has 2 fully saturated rings. The maximum Gasteiger partial charge on any atom is 0.220 e. The molecule has 10 nitrogen and oxygen atoms in total. The molecule has 2 unspecified atom stereocenters. The second-order valence-corrected chi connectivity index (χ2v) is 13.2. The molecule has 0 bridgehead atoms. The van der Waals surface area contributed by atoms with Crippen LogP contribution in [0.2, 0.25) is 10.0 Å². The first-order valence-electron chi connectivity index (χ1n) is 16.5. The Morgan fingerprint density at radius 1 is 0.776 bits per heavy atom. The largest absolute Gasteiger partial charge is 0.481 e. The van der Waals surface area contributed by atoms with E-state index >= 15 is 0 Å². The molecule has 5 heterocycles. The highest BCUT2D eigenvalue weighted by atomic mass is 35.5. The van der Waals surface area contributed by atoms with E-state index in [2.05, 4.69) is 21.3 Å². The molecule has 2 saturated heterocycles. The molecule has 0 aliphatic carbocycles. The highest BCUT2D eigenvalue weighted by Crippen LogP contribution is 2.42. The highest BCUT2D eigenvalue weighted by Gasteiger charge is 2.22. The van der Waals surface area contributed by atoms with E-state index in [-0.39, 0.29) is 23.9 Å². The van der Waals surface area contributed by atoms with Crippen molar-refractivity contribution in [3.63, 3.8) is 0 Å². The van der Waals surface area contributed by atoms with Gasteiger partial charge in [-0.15, -0.1) is 0 Å². The van der Waals surface area contributed by atoms with Crippen molar-refractivity contribution in [2.24, 2.45) is 0 Å². The van der Waals surface area contributed by atoms with E-state index in [1.165, 1.54) is 0 Å². The molecule has 2 aromatic carbocycles. The van der Waals surface area contributed by atoms with Crippen molar-refractivity contribution in [2.75, 3.05) is 20.2 Å². The van der Waals surface area contributed by atoms with Crippen LogP contribution in [0.15, 0.2) is 73.1 Å². The Labute approximate surface area is 294 Å². The minimum atomic E-state index is 0.103. The standard InChI is InChI=1S/C37H37Cl2N7O3/c1-49-37-22(16-40-17-24-10-14-33(47)43-24)8-12-31(45-37)30-7-3-6-29(36(30)39)28-5-2-4-27(35(28)38)23-9-13-32-42-26(21-46(32)20-23)19-41-18-25-11-15-34(48)44-25/h2-9,12-13,20-21,24-25,40-41H,10-11,14-19H2,1H3,(H,43,47)(H,44,48). The number of amides is 2. The number of benzene rings is 2. The predicted molar refractivity (Wildman–Crippen MR) is 192 cm³/mol. The molecule has 0 saturated carbocycles. The molecule has 2 aliphatic heterocycles. The lowest BCUT2D eigenvalue weighted by molar-refractivity contribution is -0.120. The first-order valence-corrected chi connectivity index (χ1v) is 17.2. The number of carbonyl (C=O) groups excluding carboxylic acids is 2. The number of nitrogens with zero attached hydrogens (tertiary/aromatic N) is 3. The molecule has 5 aromatic rings. The minimum absolute atomic E-state index is 0.103. The summed E-state index contributed by atoms with van der Waals surface area (Å²) in [5.41, 5.74) is 7.55. The molecule has 4 N–H and O–H groups in total. The molecule has 12 heteroatoms. The Morgan fingerprint density at radius 3 is 2.06 bits per heavy atom. The summed E-state index contributed by atoms with van der Waals surface area (Å²) in [6.07, 6.45) is 6.90. The zero-order valence-corrected chi connectivity index (χ0v) is 28.6. The highest BCUT2D eigenvalue weighted by molar-refractivity contribution is 6.39. The fraction of sp³-hybridized carbons (Fsp3) is 0.297. The Kier molecular flexibility index (Phi) is 9.81. The van der Waals surface area contributed by atoms with E-state index in [4.69, 9.17) is 37.9 Å². The van der Waals surface area contributed by atoms with Gasteiger partial charge >= 0.3 is 0 Å². The van der Waals surface area contributed by atoms with Crippen LogP contribution in [-0.4, -0.2) is 58.5 Å². The topological polar surface area (TPSA) is 122 Å². The number of nitrogens with one attached hydrogen (secondary N) is 4. The molecule has 0 spiro atoms. The fourth-order valence-electron chi connectivity index (χ4n) is 6.54. The molecule has 7 rings (SSSR count). The predicted octanol–water partition coefficient (Wildman–Crippen LogP) is 5.78. The minimum Gasteiger partial charge on any atom is -0.481 e. The Hall–Kier alpha value is -4.48. The number of fused-ring (bicyclic) bond motifs is 1. The van der Waals surface area contributed by atoms with Gasteiger partial charge in [0.1, 0.15) is 5.65 Å². The van der Waals surface area contributed by atoms with Crippen molar-refractivity contribution >= 4 is 40.7 Å². The molecular formula is C37H37Cl2N7O3. The first-order chi connectivity index (χ1) is 23.9. The maximum atomic E-state index is 11.5. The SMILES string of the molecule is COc1nc(-c2cccc(-c3cccc(-c4ccc5nc(CNCC6CCC(=O)N6)cn5c4)c3Cl)c2Cl)ccc1CNCC1CCC(=O)N1. The van der Waals surface area contributed by atoms with Crippen molar-refractivity contribution in [3.8, 4) is 39.4 Å². The number of ether oxygens (including phenoxy) is 1. The van der Waals surface area contributed by atoms with Gasteiger partial charge in [0.2, 0.25) is 17.7 Å². The van der Waals surface area contributed by atoms with E-state index in [0.29, 0.717) is 60.6 Å². The van der Waals surface area contributed by atoms with Crippen molar-refractivity contribution in [2.45, 2.75) is 50.9 Å². The van der Waals surface area contributed by atoms with Gasteiger partial charge in [-0.05, 0) is 36.6 Å². The lowest BCUT2D eigenvalue weighted by Gasteiger charge is -2.16. The van der Waals surface area contributed by atoms with E-state index in [1.54, 1.807) is 7.11 Å². The van der Waals surface area contributed by atoms with E-state index < -0.39 is 0 Å². The third-order valence-corrected chi connectivity index (χ3v) is 9.90. The Balaban J connectivity index is 1.09. The average Bonchev–Trinajstić information content (AvgIpc) is 3.84. The van der Waals surface area contributed by atoms with Crippen LogP contribution in [0.3, 0.4) is 0 Å². The quantitative estimate of drug-likeness (QED) is 0.130. The van der Waals surface area contributed by atoms with E-state index in [9.17, 15) is 9.59 Å². The molecule has 49 heavy (non-hydrogen) atoms. The number of aromatic nitrogens is 3. The lowest BCUT2D eigenvalue weighted by Crippen LogP contribution is -2.35. The van der Waals surface area contributed by atoms with Gasteiger partial charge in [0.15, 0.2) is 0 Å². The number of methoxy groups -OCH3 is 1. The summed E-state index contributed by atoms with van der Waals surface area (Å²) >= 11 is 14.2. The van der Waals surface area contributed by atoms with E-state index in [0.717, 1.165) is 57.6 Å². The van der Waals surface area contributed by atoms with Crippen LogP contribution in [0, 0.1) is 0 Å². The second kappa shape index (κ2) is 14.6. The number of imidazole rings is 1. The summed E-state index contributed by atoms with van der Waals surface area (Å²) in [5.74, 6) is 0.731. The number of hydrogen-bond donors (Lipinski definition) is 4. The van der Waals surface area contributed by atoms with Crippen LogP contribution in [0.25, 0.3) is 39.2 Å². The third-order valence-electron chi connectivity index (χ3n) is 9.08. The lowest BCUT2D eigenvalue weighted by atomic mass is 9.97. The van der Waals surface area contributed by atoms with Crippen LogP contribution in [0.5, 0.6) is 5.88 Å². The first kappa shape index (κ1) is 33.0. The maximum absolute atomic E-state index is 11.5. The zero-order chi connectivity index (χ0) is 33.9. The second-order valence-electron chi connectivity index (χ2n) is 12.5. The summed E-state index contributed by atoms with van der Waals surface area (Å²) in [7, 11) is 1.61. The Bertz CT molecular complexity index is 2030. The van der Waals surface area contributed by atoms with Gasteiger partial charge in [-0.3, -0.25) is 9.59 Å². The molecule has 252 valence electrons. The number of carbonyl (C=O) groups is 2. The summed E-state index contributed by atoms with van der Waals surface area (Å²) in [6.45, 7) is 2.56. The van der Waals surface area contributed by atoms with Crippen LogP contribution in [0.4, 0.5) is 0 Å². The van der Waals surface area contributed by atoms with Gasteiger partial charge in [0.05, 0.1) is 28.5 Å². The number of pyridine rings is 2. The van der Waals surface area contributed by atoms with Crippen molar-refractivity contribution < 1.29 is 14.3 Å². The zero-order valence-electron chi connectivity index (χ0n) is 27.1. The summed E-state index contributed by atoms with van der Waals surface area (Å²) in [6, 6.07) is 20.1. The van der Waals surface area contributed by atoms with Crippen molar-refractivity contribution in [1.82, 2.24) is 35.6 Å². The smallest absolute Gasteiger partial charge is 0.220 e. The van der Waals surface area contributed by atoms with E-state index in [1.807, 2.05) is 77.5 Å². The molecular weight excluding hydrogens is 661 g/mol. The molecule has 0 radical (unpaired) electrons. The number of rotatable bonds is 12. The van der Waals surface area contributed by atoms with Gasteiger partial charge in [-0.25, -0.2) is 9.97 Å². The van der Waals surface area contributed by atoms with Crippen LogP contribution >= 0.6 is 23.2 Å². The Morgan fingerprint density at radius 2 is 1.41 bits per heavy atom. The van der Waals surface area contributed by atoms with Crippen LogP contribution < -0.4 is 26.0 Å². The third kappa shape index (κ3) is 7.28. The number of hydrogen-bond acceptors (Lipinski definition) is 7. The van der Waals surface area contributed by atoms with Gasteiger partial charge < -0.3 is 30.4 Å². The molecule has 2 aliphatic rings.